The van der Waals surface area contributed by atoms with Gasteiger partial charge in [-0.2, -0.15) is 0 Å². The molecule has 3 unspecified atom stereocenters. The van der Waals surface area contributed by atoms with E-state index in [-0.39, 0.29) is 6.10 Å². The predicted octanol–water partition coefficient (Wildman–Crippen LogP) is 3.16. The van der Waals surface area contributed by atoms with E-state index in [2.05, 4.69) is 0 Å². The Morgan fingerprint density at radius 1 is 1.18 bits per heavy atom. The van der Waals surface area contributed by atoms with Gasteiger partial charge in [-0.1, -0.05) is 12.1 Å². The molecule has 2 nitrogen and oxygen atoms in total. The largest absolute Gasteiger partial charge is 0.494 e. The number of benzene rings is 1. The fourth-order valence-electron chi connectivity index (χ4n) is 3.22. The molecule has 2 aliphatic carbocycles. The van der Waals surface area contributed by atoms with Crippen LogP contribution in [0.1, 0.15) is 37.9 Å². The Balaban J connectivity index is 1.66. The summed E-state index contributed by atoms with van der Waals surface area (Å²) in [4.78, 5) is 0. The van der Waals surface area contributed by atoms with Crippen LogP contribution in [0.25, 0.3) is 0 Å². The third-order valence-electron chi connectivity index (χ3n) is 4.26. The molecule has 2 fully saturated rings. The molecule has 0 amide bonds. The molecular formula is C15H20O2. The van der Waals surface area contributed by atoms with E-state index in [1.54, 1.807) is 0 Å². The maximum atomic E-state index is 10.3. The van der Waals surface area contributed by atoms with Crippen LogP contribution in [0.5, 0.6) is 5.75 Å². The summed E-state index contributed by atoms with van der Waals surface area (Å²) in [6.45, 7) is 2.67. The summed E-state index contributed by atoms with van der Waals surface area (Å²) < 4.78 is 5.41. The van der Waals surface area contributed by atoms with Gasteiger partial charge in [0.2, 0.25) is 0 Å². The van der Waals surface area contributed by atoms with E-state index in [4.69, 9.17) is 4.74 Å². The Morgan fingerprint density at radius 3 is 2.41 bits per heavy atom. The molecule has 0 aliphatic heterocycles. The first kappa shape index (κ1) is 11.1. The molecule has 1 aromatic carbocycles. The van der Waals surface area contributed by atoms with Crippen molar-refractivity contribution in [3.8, 4) is 5.75 Å². The lowest BCUT2D eigenvalue weighted by molar-refractivity contribution is 0.104. The van der Waals surface area contributed by atoms with Crippen molar-refractivity contribution in [2.75, 3.05) is 6.61 Å². The summed E-state index contributed by atoms with van der Waals surface area (Å²) in [5.41, 5.74) is 1.04. The number of hydrogen-bond donors (Lipinski definition) is 1. The number of hydrogen-bond acceptors (Lipinski definition) is 2. The maximum absolute atomic E-state index is 10.3. The van der Waals surface area contributed by atoms with Crippen LogP contribution in [0.15, 0.2) is 24.3 Å². The fraction of sp³-hybridized carbons (Fsp3) is 0.600. The highest BCUT2D eigenvalue weighted by Gasteiger charge is 2.47. The second-order valence-corrected chi connectivity index (χ2v) is 5.43. The molecule has 17 heavy (non-hydrogen) atoms. The first-order chi connectivity index (χ1) is 8.28. The second-order valence-electron chi connectivity index (χ2n) is 5.43. The van der Waals surface area contributed by atoms with Crippen LogP contribution in [0.4, 0.5) is 0 Å². The molecule has 2 aliphatic rings. The maximum Gasteiger partial charge on any atom is 0.119 e. The van der Waals surface area contributed by atoms with Crippen molar-refractivity contribution in [3.05, 3.63) is 29.8 Å². The standard InChI is InChI=1S/C15H20O2/c1-2-17-14-5-3-10(4-6-14)15(16)13-8-11-7-12(11)9-13/h3-6,11-13,15-16H,2,7-9H2,1H3. The van der Waals surface area contributed by atoms with Crippen molar-refractivity contribution in [2.45, 2.75) is 32.3 Å². The SMILES string of the molecule is CCOc1ccc(C(O)C2CC3CC3C2)cc1. The molecule has 0 spiro atoms. The molecule has 0 heterocycles. The Hall–Kier alpha value is -1.02. The van der Waals surface area contributed by atoms with E-state index in [0.29, 0.717) is 12.5 Å². The van der Waals surface area contributed by atoms with E-state index in [1.165, 1.54) is 19.3 Å². The molecule has 2 heteroatoms. The number of rotatable bonds is 4. The van der Waals surface area contributed by atoms with Crippen LogP contribution in [0, 0.1) is 17.8 Å². The van der Waals surface area contributed by atoms with Gasteiger partial charge in [-0.3, -0.25) is 0 Å². The Morgan fingerprint density at radius 2 is 1.82 bits per heavy atom. The summed E-state index contributed by atoms with van der Waals surface area (Å²) in [7, 11) is 0. The van der Waals surface area contributed by atoms with Crippen LogP contribution in [0.2, 0.25) is 0 Å². The minimum Gasteiger partial charge on any atom is -0.494 e. The van der Waals surface area contributed by atoms with Crippen molar-refractivity contribution in [1.82, 2.24) is 0 Å². The van der Waals surface area contributed by atoms with Gasteiger partial charge in [-0.25, -0.2) is 0 Å². The lowest BCUT2D eigenvalue weighted by Crippen LogP contribution is -2.10. The molecule has 2 saturated carbocycles. The van der Waals surface area contributed by atoms with Crippen molar-refractivity contribution in [3.63, 3.8) is 0 Å². The van der Waals surface area contributed by atoms with Gasteiger partial charge in [0.05, 0.1) is 12.7 Å². The van der Waals surface area contributed by atoms with Crippen LogP contribution in [0.3, 0.4) is 0 Å². The zero-order valence-electron chi connectivity index (χ0n) is 10.3. The van der Waals surface area contributed by atoms with Gasteiger partial charge in [-0.15, -0.1) is 0 Å². The third kappa shape index (κ3) is 2.19. The topological polar surface area (TPSA) is 29.5 Å². The fourth-order valence-corrected chi connectivity index (χ4v) is 3.22. The molecule has 3 atom stereocenters. The van der Waals surface area contributed by atoms with Crippen molar-refractivity contribution >= 4 is 0 Å². The van der Waals surface area contributed by atoms with Crippen LogP contribution < -0.4 is 4.74 Å². The van der Waals surface area contributed by atoms with Gasteiger partial charge < -0.3 is 9.84 Å². The van der Waals surface area contributed by atoms with Crippen molar-refractivity contribution in [2.24, 2.45) is 17.8 Å². The lowest BCUT2D eigenvalue weighted by atomic mass is 9.92. The highest BCUT2D eigenvalue weighted by Crippen LogP contribution is 2.57. The number of aliphatic hydroxyl groups is 1. The van der Waals surface area contributed by atoms with Crippen molar-refractivity contribution < 1.29 is 9.84 Å². The molecule has 1 aromatic rings. The highest BCUT2D eigenvalue weighted by atomic mass is 16.5. The van der Waals surface area contributed by atoms with Crippen molar-refractivity contribution in [1.29, 1.82) is 0 Å². The molecule has 3 rings (SSSR count). The summed E-state index contributed by atoms with van der Waals surface area (Å²) in [5, 5.41) is 10.3. The number of ether oxygens (including phenoxy) is 1. The molecule has 0 saturated heterocycles. The van der Waals surface area contributed by atoms with E-state index >= 15 is 0 Å². The Kier molecular flexibility index (Phi) is 2.83. The highest BCUT2D eigenvalue weighted by molar-refractivity contribution is 5.29. The van der Waals surface area contributed by atoms with E-state index in [1.807, 2.05) is 31.2 Å². The van der Waals surface area contributed by atoms with Gasteiger partial charge in [0.15, 0.2) is 0 Å². The molecule has 1 N–H and O–H groups in total. The zero-order valence-corrected chi connectivity index (χ0v) is 10.3. The first-order valence-corrected chi connectivity index (χ1v) is 6.68. The molecule has 0 bridgehead atoms. The average molecular weight is 232 g/mol. The van der Waals surface area contributed by atoms with E-state index in [0.717, 1.165) is 23.1 Å². The second kappa shape index (κ2) is 4.34. The van der Waals surface area contributed by atoms with Crippen LogP contribution in [-0.4, -0.2) is 11.7 Å². The average Bonchev–Trinajstić information content (AvgIpc) is 2.97. The lowest BCUT2D eigenvalue weighted by Gasteiger charge is -2.20. The Labute approximate surface area is 103 Å². The van der Waals surface area contributed by atoms with Gasteiger partial charge in [0.25, 0.3) is 0 Å². The molecule has 92 valence electrons. The third-order valence-corrected chi connectivity index (χ3v) is 4.26. The van der Waals surface area contributed by atoms with Gasteiger partial charge in [0.1, 0.15) is 5.75 Å². The van der Waals surface area contributed by atoms with Gasteiger partial charge in [-0.05, 0) is 61.6 Å². The molecule has 0 radical (unpaired) electrons. The van der Waals surface area contributed by atoms with E-state index < -0.39 is 0 Å². The first-order valence-electron chi connectivity index (χ1n) is 6.68. The minimum atomic E-state index is -0.279. The summed E-state index contributed by atoms with van der Waals surface area (Å²) in [6, 6.07) is 7.91. The van der Waals surface area contributed by atoms with Gasteiger partial charge in [0, 0.05) is 0 Å². The van der Waals surface area contributed by atoms with Gasteiger partial charge >= 0.3 is 0 Å². The predicted molar refractivity (Wildman–Crippen MR) is 66.9 cm³/mol. The zero-order chi connectivity index (χ0) is 11.8. The number of aliphatic hydroxyl groups excluding tert-OH is 1. The minimum absolute atomic E-state index is 0.279. The Bertz CT molecular complexity index is 374. The summed E-state index contributed by atoms with van der Waals surface area (Å²) in [5.74, 6) is 3.23. The summed E-state index contributed by atoms with van der Waals surface area (Å²) in [6.07, 6.45) is 3.57. The number of fused-ring (bicyclic) bond motifs is 1. The van der Waals surface area contributed by atoms with E-state index in [9.17, 15) is 5.11 Å². The summed E-state index contributed by atoms with van der Waals surface area (Å²) >= 11 is 0. The smallest absolute Gasteiger partial charge is 0.119 e. The molecule has 0 aromatic heterocycles. The quantitative estimate of drug-likeness (QED) is 0.864. The van der Waals surface area contributed by atoms with Crippen LogP contribution in [-0.2, 0) is 0 Å². The monoisotopic (exact) mass is 232 g/mol. The molecular weight excluding hydrogens is 212 g/mol. The normalized spacial score (nSPS) is 32.0. The van der Waals surface area contributed by atoms with Crippen LogP contribution >= 0.6 is 0 Å².